The highest BCUT2D eigenvalue weighted by molar-refractivity contribution is 5.94. The van der Waals surface area contributed by atoms with E-state index in [4.69, 9.17) is 0 Å². The number of carbonyl (C=O) groups excluding carboxylic acids is 1. The number of hydrogen-bond donors (Lipinski definition) is 0. The number of benzene rings is 2. The van der Waals surface area contributed by atoms with Crippen molar-refractivity contribution in [3.05, 3.63) is 71.3 Å². The summed E-state index contributed by atoms with van der Waals surface area (Å²) in [5, 5.41) is 0. The van der Waals surface area contributed by atoms with Crippen molar-refractivity contribution in [2.24, 2.45) is 0 Å². The molecule has 26 heavy (non-hydrogen) atoms. The highest BCUT2D eigenvalue weighted by Crippen LogP contribution is 2.28. The Hall–Kier alpha value is -2.13. The van der Waals surface area contributed by atoms with Crippen molar-refractivity contribution < 1.29 is 4.79 Å². The van der Waals surface area contributed by atoms with Crippen LogP contribution in [0.1, 0.15) is 53.1 Å². The van der Waals surface area contributed by atoms with E-state index in [2.05, 4.69) is 47.4 Å². The van der Waals surface area contributed by atoms with E-state index in [9.17, 15) is 4.79 Å². The summed E-state index contributed by atoms with van der Waals surface area (Å²) in [6.07, 6.45) is 4.75. The molecule has 2 aromatic rings. The Balaban J connectivity index is 1.30. The van der Waals surface area contributed by atoms with Crippen molar-refractivity contribution >= 4 is 5.91 Å². The van der Waals surface area contributed by atoms with Gasteiger partial charge in [0.05, 0.1) is 0 Å². The van der Waals surface area contributed by atoms with Crippen molar-refractivity contribution in [3.63, 3.8) is 0 Å². The molecular formula is C23H28N2O. The Bertz CT molecular complexity index is 712. The van der Waals surface area contributed by atoms with Gasteiger partial charge in [-0.25, -0.2) is 0 Å². The van der Waals surface area contributed by atoms with E-state index in [1.165, 1.54) is 24.0 Å². The molecule has 2 saturated heterocycles. The molecule has 136 valence electrons. The molecule has 0 saturated carbocycles. The van der Waals surface area contributed by atoms with Crippen LogP contribution in [-0.2, 0) is 6.54 Å². The van der Waals surface area contributed by atoms with Crippen LogP contribution < -0.4 is 0 Å². The Labute approximate surface area is 156 Å². The molecule has 0 atom stereocenters. The van der Waals surface area contributed by atoms with Gasteiger partial charge in [-0.3, -0.25) is 9.69 Å². The number of likely N-dealkylation sites (tertiary alicyclic amines) is 2. The van der Waals surface area contributed by atoms with E-state index < -0.39 is 0 Å². The van der Waals surface area contributed by atoms with Gasteiger partial charge in [-0.05, 0) is 68.0 Å². The van der Waals surface area contributed by atoms with Crippen LogP contribution in [0.5, 0.6) is 0 Å². The van der Waals surface area contributed by atoms with Gasteiger partial charge in [0.2, 0.25) is 0 Å². The predicted molar refractivity (Wildman–Crippen MR) is 105 cm³/mol. The van der Waals surface area contributed by atoms with Gasteiger partial charge in [0, 0.05) is 25.2 Å². The number of nitrogens with zero attached hydrogens (tertiary/aromatic N) is 2. The van der Waals surface area contributed by atoms with Crippen LogP contribution in [0.15, 0.2) is 54.6 Å². The first-order chi connectivity index (χ1) is 12.8. The van der Waals surface area contributed by atoms with Crippen LogP contribution in [0.3, 0.4) is 0 Å². The summed E-state index contributed by atoms with van der Waals surface area (Å²) in [5.74, 6) is 0.894. The fourth-order valence-corrected chi connectivity index (χ4v) is 4.26. The van der Waals surface area contributed by atoms with Gasteiger partial charge in [-0.15, -0.1) is 0 Å². The van der Waals surface area contributed by atoms with Gasteiger partial charge < -0.3 is 4.90 Å². The first kappa shape index (κ1) is 17.3. The van der Waals surface area contributed by atoms with E-state index in [1.54, 1.807) is 0 Å². The van der Waals surface area contributed by atoms with Crippen molar-refractivity contribution in [1.82, 2.24) is 9.80 Å². The SMILES string of the molecule is O=C(c1ccc(CN2CCC(c3ccccc3)CC2)cc1)N1CCCC1. The van der Waals surface area contributed by atoms with E-state index in [0.29, 0.717) is 5.92 Å². The molecular weight excluding hydrogens is 320 g/mol. The van der Waals surface area contributed by atoms with Gasteiger partial charge in [0.1, 0.15) is 0 Å². The molecule has 3 heteroatoms. The zero-order valence-electron chi connectivity index (χ0n) is 15.4. The molecule has 0 unspecified atom stereocenters. The Morgan fingerprint density at radius 2 is 1.50 bits per heavy atom. The Morgan fingerprint density at radius 1 is 0.846 bits per heavy atom. The molecule has 4 rings (SSSR count). The fraction of sp³-hybridized carbons (Fsp3) is 0.435. The van der Waals surface area contributed by atoms with E-state index in [1.807, 2.05) is 17.0 Å². The number of rotatable bonds is 4. The summed E-state index contributed by atoms with van der Waals surface area (Å²) in [4.78, 5) is 16.9. The largest absolute Gasteiger partial charge is 0.339 e. The third-order valence-corrected chi connectivity index (χ3v) is 5.86. The average Bonchev–Trinajstić information content (AvgIpc) is 3.24. The second-order valence-corrected chi connectivity index (χ2v) is 7.66. The molecule has 0 bridgehead atoms. The van der Waals surface area contributed by atoms with Crippen molar-refractivity contribution in [2.75, 3.05) is 26.2 Å². The topological polar surface area (TPSA) is 23.6 Å². The normalized spacial score (nSPS) is 19.0. The molecule has 1 amide bonds. The molecule has 2 aromatic carbocycles. The van der Waals surface area contributed by atoms with Gasteiger partial charge in [-0.2, -0.15) is 0 Å². The zero-order chi connectivity index (χ0) is 17.8. The first-order valence-corrected chi connectivity index (χ1v) is 9.95. The third-order valence-electron chi connectivity index (χ3n) is 5.86. The molecule has 0 N–H and O–H groups in total. The second kappa shape index (κ2) is 8.05. The molecule has 3 nitrogen and oxygen atoms in total. The summed E-state index contributed by atoms with van der Waals surface area (Å²) in [6, 6.07) is 19.2. The predicted octanol–water partition coefficient (Wildman–Crippen LogP) is 4.30. The van der Waals surface area contributed by atoms with Crippen molar-refractivity contribution in [3.8, 4) is 0 Å². The zero-order valence-corrected chi connectivity index (χ0v) is 15.4. The summed E-state index contributed by atoms with van der Waals surface area (Å²) in [7, 11) is 0. The minimum Gasteiger partial charge on any atom is -0.339 e. The maximum Gasteiger partial charge on any atom is 0.253 e. The molecule has 2 aliphatic heterocycles. The molecule has 0 aromatic heterocycles. The highest BCUT2D eigenvalue weighted by Gasteiger charge is 2.21. The quantitative estimate of drug-likeness (QED) is 0.822. The van der Waals surface area contributed by atoms with Crippen molar-refractivity contribution in [1.29, 1.82) is 0 Å². The first-order valence-electron chi connectivity index (χ1n) is 9.95. The molecule has 2 aliphatic rings. The van der Waals surface area contributed by atoms with E-state index in [-0.39, 0.29) is 5.91 Å². The Morgan fingerprint density at radius 3 is 2.15 bits per heavy atom. The Kier molecular flexibility index (Phi) is 5.35. The molecule has 0 radical (unpaired) electrons. The van der Waals surface area contributed by atoms with Crippen molar-refractivity contribution in [2.45, 2.75) is 38.1 Å². The number of amides is 1. The summed E-state index contributed by atoms with van der Waals surface area (Å²) < 4.78 is 0. The smallest absolute Gasteiger partial charge is 0.253 e. The van der Waals surface area contributed by atoms with Crippen LogP contribution >= 0.6 is 0 Å². The van der Waals surface area contributed by atoms with E-state index in [0.717, 1.165) is 51.1 Å². The summed E-state index contributed by atoms with van der Waals surface area (Å²) >= 11 is 0. The van der Waals surface area contributed by atoms with Gasteiger partial charge in [0.25, 0.3) is 5.91 Å². The molecule has 0 spiro atoms. The highest BCUT2D eigenvalue weighted by atomic mass is 16.2. The van der Waals surface area contributed by atoms with Crippen LogP contribution in [0.2, 0.25) is 0 Å². The average molecular weight is 348 g/mol. The number of carbonyl (C=O) groups is 1. The summed E-state index contributed by atoms with van der Waals surface area (Å²) in [6.45, 7) is 5.11. The second-order valence-electron chi connectivity index (χ2n) is 7.66. The lowest BCUT2D eigenvalue weighted by Crippen LogP contribution is -2.32. The molecule has 2 heterocycles. The maximum atomic E-state index is 12.4. The minimum absolute atomic E-state index is 0.192. The van der Waals surface area contributed by atoms with Crippen LogP contribution in [0.4, 0.5) is 0 Å². The number of piperidine rings is 1. The lowest BCUT2D eigenvalue weighted by Gasteiger charge is -2.32. The van der Waals surface area contributed by atoms with Crippen LogP contribution in [-0.4, -0.2) is 41.9 Å². The van der Waals surface area contributed by atoms with Gasteiger partial charge in [-0.1, -0.05) is 42.5 Å². The molecule has 0 aliphatic carbocycles. The number of hydrogen-bond acceptors (Lipinski definition) is 2. The van der Waals surface area contributed by atoms with E-state index >= 15 is 0 Å². The van der Waals surface area contributed by atoms with Crippen LogP contribution in [0, 0.1) is 0 Å². The van der Waals surface area contributed by atoms with Gasteiger partial charge >= 0.3 is 0 Å². The maximum absolute atomic E-state index is 12.4. The molecule has 2 fully saturated rings. The minimum atomic E-state index is 0.192. The summed E-state index contributed by atoms with van der Waals surface area (Å²) in [5.41, 5.74) is 3.62. The monoisotopic (exact) mass is 348 g/mol. The fourth-order valence-electron chi connectivity index (χ4n) is 4.26. The lowest BCUT2D eigenvalue weighted by molar-refractivity contribution is 0.0793. The lowest BCUT2D eigenvalue weighted by atomic mass is 9.89. The standard InChI is InChI=1S/C23H28N2O/c26-23(25-14-4-5-15-25)22-10-8-19(9-11-22)18-24-16-12-21(13-17-24)20-6-2-1-3-7-20/h1-3,6-11,21H,4-5,12-18H2. The van der Waals surface area contributed by atoms with Gasteiger partial charge in [0.15, 0.2) is 0 Å². The van der Waals surface area contributed by atoms with Crippen LogP contribution in [0.25, 0.3) is 0 Å². The third kappa shape index (κ3) is 3.99.